The second kappa shape index (κ2) is 4.99. The smallest absolute Gasteiger partial charge is 0.253 e. The fourth-order valence-corrected chi connectivity index (χ4v) is 2.54. The second-order valence-electron chi connectivity index (χ2n) is 4.20. The zero-order chi connectivity index (χ0) is 14.0. The summed E-state index contributed by atoms with van der Waals surface area (Å²) in [4.78, 5) is 14.4. The van der Waals surface area contributed by atoms with Gasteiger partial charge in [0.25, 0.3) is 5.56 Å². The third-order valence-electron chi connectivity index (χ3n) is 2.84. The van der Waals surface area contributed by atoms with Gasteiger partial charge in [-0.25, -0.2) is 8.42 Å². The molecule has 0 spiro atoms. The molecule has 19 heavy (non-hydrogen) atoms. The number of aromatic nitrogens is 1. The van der Waals surface area contributed by atoms with Crippen molar-refractivity contribution in [1.29, 1.82) is 0 Å². The minimum atomic E-state index is -3.28. The summed E-state index contributed by atoms with van der Waals surface area (Å²) in [5.74, 6) is 0. The fourth-order valence-electron chi connectivity index (χ4n) is 1.88. The summed E-state index contributed by atoms with van der Waals surface area (Å²) < 4.78 is 23.1. The van der Waals surface area contributed by atoms with Crippen molar-refractivity contribution < 1.29 is 8.42 Å². The van der Waals surface area contributed by atoms with Crippen LogP contribution in [0.3, 0.4) is 0 Å². The first-order valence-electron chi connectivity index (χ1n) is 5.64. The third-order valence-corrected chi connectivity index (χ3v) is 3.95. The minimum absolute atomic E-state index is 0.0919. The third kappa shape index (κ3) is 2.74. The Hall–Kier alpha value is -1.92. The number of rotatable bonds is 3. The van der Waals surface area contributed by atoms with E-state index >= 15 is 0 Å². The summed E-state index contributed by atoms with van der Waals surface area (Å²) in [7, 11) is -3.28. The number of hydrogen-bond donors (Lipinski definition) is 2. The SMILES string of the molecule is CS(=O)(=O)c1cccc(-c2cc[nH]c(=O)c2CN)c1. The van der Waals surface area contributed by atoms with Gasteiger partial charge in [0.15, 0.2) is 9.84 Å². The molecule has 0 fully saturated rings. The first kappa shape index (κ1) is 13.5. The fraction of sp³-hybridized carbons (Fsp3) is 0.154. The Bertz CT molecular complexity index is 763. The van der Waals surface area contributed by atoms with Crippen molar-refractivity contribution in [2.24, 2.45) is 5.73 Å². The van der Waals surface area contributed by atoms with Gasteiger partial charge in [0.2, 0.25) is 0 Å². The Morgan fingerprint density at radius 1 is 1.26 bits per heavy atom. The summed E-state index contributed by atoms with van der Waals surface area (Å²) in [5.41, 5.74) is 7.06. The van der Waals surface area contributed by atoms with E-state index in [-0.39, 0.29) is 17.0 Å². The maximum absolute atomic E-state index is 11.7. The van der Waals surface area contributed by atoms with Gasteiger partial charge in [-0.05, 0) is 29.3 Å². The van der Waals surface area contributed by atoms with Crippen molar-refractivity contribution in [2.75, 3.05) is 6.26 Å². The van der Waals surface area contributed by atoms with Gasteiger partial charge in [0, 0.05) is 24.6 Å². The highest BCUT2D eigenvalue weighted by Crippen LogP contribution is 2.23. The molecule has 1 heterocycles. The van der Waals surface area contributed by atoms with E-state index in [0.29, 0.717) is 16.7 Å². The zero-order valence-corrected chi connectivity index (χ0v) is 11.2. The minimum Gasteiger partial charge on any atom is -0.329 e. The predicted molar refractivity (Wildman–Crippen MR) is 73.5 cm³/mol. The molecule has 0 aliphatic carbocycles. The van der Waals surface area contributed by atoms with Crippen LogP contribution in [0.2, 0.25) is 0 Å². The molecule has 0 radical (unpaired) electrons. The van der Waals surface area contributed by atoms with Crippen molar-refractivity contribution in [3.8, 4) is 11.1 Å². The van der Waals surface area contributed by atoms with Crippen molar-refractivity contribution in [1.82, 2.24) is 4.98 Å². The molecule has 1 aromatic carbocycles. The van der Waals surface area contributed by atoms with Crippen LogP contribution >= 0.6 is 0 Å². The van der Waals surface area contributed by atoms with Gasteiger partial charge >= 0.3 is 0 Å². The molecule has 0 saturated heterocycles. The maximum Gasteiger partial charge on any atom is 0.253 e. The van der Waals surface area contributed by atoms with Gasteiger partial charge in [0.1, 0.15) is 0 Å². The molecule has 100 valence electrons. The van der Waals surface area contributed by atoms with Crippen LogP contribution in [0.5, 0.6) is 0 Å². The summed E-state index contributed by atoms with van der Waals surface area (Å²) in [6, 6.07) is 8.18. The molecule has 2 rings (SSSR count). The predicted octanol–water partition coefficient (Wildman–Crippen LogP) is 0.904. The Balaban J connectivity index is 2.67. The Labute approximate surface area is 111 Å². The van der Waals surface area contributed by atoms with E-state index in [4.69, 9.17) is 5.73 Å². The first-order chi connectivity index (χ1) is 8.93. The number of H-pyrrole nitrogens is 1. The van der Waals surface area contributed by atoms with Crippen molar-refractivity contribution >= 4 is 9.84 Å². The standard InChI is InChI=1S/C13H14N2O3S/c1-19(17,18)10-4-2-3-9(7-10)11-5-6-15-13(16)12(11)8-14/h2-7H,8,14H2,1H3,(H,15,16). The van der Waals surface area contributed by atoms with Crippen LogP contribution in [-0.4, -0.2) is 19.7 Å². The largest absolute Gasteiger partial charge is 0.329 e. The van der Waals surface area contributed by atoms with Crippen LogP contribution in [0.25, 0.3) is 11.1 Å². The molecular weight excluding hydrogens is 264 g/mol. The van der Waals surface area contributed by atoms with E-state index in [1.54, 1.807) is 24.3 Å². The number of pyridine rings is 1. The lowest BCUT2D eigenvalue weighted by molar-refractivity contribution is 0.602. The van der Waals surface area contributed by atoms with E-state index in [1.165, 1.54) is 12.3 Å². The van der Waals surface area contributed by atoms with Gasteiger partial charge in [-0.15, -0.1) is 0 Å². The summed E-state index contributed by atoms with van der Waals surface area (Å²) in [5, 5.41) is 0. The lowest BCUT2D eigenvalue weighted by atomic mass is 10.0. The monoisotopic (exact) mass is 278 g/mol. The van der Waals surface area contributed by atoms with Crippen LogP contribution in [0, 0.1) is 0 Å². The van der Waals surface area contributed by atoms with E-state index in [9.17, 15) is 13.2 Å². The second-order valence-corrected chi connectivity index (χ2v) is 6.22. The molecule has 1 aromatic heterocycles. The number of sulfone groups is 1. The van der Waals surface area contributed by atoms with Gasteiger partial charge in [-0.2, -0.15) is 0 Å². The van der Waals surface area contributed by atoms with Gasteiger partial charge in [-0.3, -0.25) is 4.79 Å². The maximum atomic E-state index is 11.7. The molecular formula is C13H14N2O3S. The Kier molecular flexibility index (Phi) is 3.55. The molecule has 0 unspecified atom stereocenters. The highest BCUT2D eigenvalue weighted by Gasteiger charge is 2.11. The molecule has 6 heteroatoms. The van der Waals surface area contributed by atoms with Crippen molar-refractivity contribution in [3.63, 3.8) is 0 Å². The van der Waals surface area contributed by atoms with E-state index < -0.39 is 9.84 Å². The van der Waals surface area contributed by atoms with E-state index in [1.807, 2.05) is 0 Å². The molecule has 0 bridgehead atoms. The van der Waals surface area contributed by atoms with Crippen LogP contribution < -0.4 is 11.3 Å². The molecule has 2 aromatic rings. The van der Waals surface area contributed by atoms with Crippen LogP contribution in [-0.2, 0) is 16.4 Å². The normalized spacial score (nSPS) is 11.5. The number of aromatic amines is 1. The number of hydrogen-bond acceptors (Lipinski definition) is 4. The highest BCUT2D eigenvalue weighted by molar-refractivity contribution is 7.90. The van der Waals surface area contributed by atoms with Crippen molar-refractivity contribution in [3.05, 3.63) is 52.4 Å². The average molecular weight is 278 g/mol. The molecule has 5 nitrogen and oxygen atoms in total. The first-order valence-corrected chi connectivity index (χ1v) is 7.54. The number of nitrogens with one attached hydrogen (secondary N) is 1. The molecule has 0 saturated carbocycles. The molecule has 0 atom stereocenters. The number of benzene rings is 1. The molecule has 0 amide bonds. The molecule has 0 aliphatic heterocycles. The van der Waals surface area contributed by atoms with E-state index in [0.717, 1.165) is 6.26 Å². The quantitative estimate of drug-likeness (QED) is 0.872. The summed E-state index contributed by atoms with van der Waals surface area (Å²) in [6.07, 6.45) is 2.66. The molecule has 3 N–H and O–H groups in total. The van der Waals surface area contributed by atoms with Gasteiger partial charge in [-0.1, -0.05) is 12.1 Å². The average Bonchev–Trinajstić information content (AvgIpc) is 2.37. The highest BCUT2D eigenvalue weighted by atomic mass is 32.2. The van der Waals surface area contributed by atoms with Gasteiger partial charge in [0.05, 0.1) is 4.90 Å². The van der Waals surface area contributed by atoms with Crippen LogP contribution in [0.4, 0.5) is 0 Å². The Morgan fingerprint density at radius 3 is 2.63 bits per heavy atom. The summed E-state index contributed by atoms with van der Waals surface area (Å²) >= 11 is 0. The summed E-state index contributed by atoms with van der Waals surface area (Å²) in [6.45, 7) is 0.0919. The topological polar surface area (TPSA) is 93.0 Å². The molecule has 0 aliphatic rings. The number of nitrogens with two attached hydrogens (primary N) is 1. The lowest BCUT2D eigenvalue weighted by Gasteiger charge is -2.08. The zero-order valence-electron chi connectivity index (χ0n) is 10.4. The van der Waals surface area contributed by atoms with Crippen LogP contribution in [0.15, 0.2) is 46.2 Å². The van der Waals surface area contributed by atoms with Crippen molar-refractivity contribution in [2.45, 2.75) is 11.4 Å². The lowest BCUT2D eigenvalue weighted by Crippen LogP contribution is -2.16. The Morgan fingerprint density at radius 2 is 2.00 bits per heavy atom. The van der Waals surface area contributed by atoms with Gasteiger partial charge < -0.3 is 10.7 Å². The van der Waals surface area contributed by atoms with E-state index in [2.05, 4.69) is 4.98 Å². The van der Waals surface area contributed by atoms with Crippen LogP contribution in [0.1, 0.15) is 5.56 Å².